The molecule has 4 heteroatoms. The van der Waals surface area contributed by atoms with Crippen molar-refractivity contribution >= 4 is 15.6 Å². The minimum atomic E-state index is -3.44. The third kappa shape index (κ3) is 3.16. The summed E-state index contributed by atoms with van der Waals surface area (Å²) in [7, 11) is -3.44. The molecule has 0 N–H and O–H groups in total. The topological polar surface area (TPSA) is 51.2 Å². The van der Waals surface area contributed by atoms with Crippen LogP contribution in [0.5, 0.6) is 0 Å². The van der Waals surface area contributed by atoms with Crippen LogP contribution >= 0.6 is 0 Å². The number of rotatable bonds is 4. The SMILES string of the molecule is CCC(=O)CS(=O)(=O)c1ccc(C)cc1. The van der Waals surface area contributed by atoms with E-state index in [1.165, 1.54) is 12.1 Å². The number of aryl methyl sites for hydroxylation is 1. The maximum Gasteiger partial charge on any atom is 0.185 e. The number of hydrogen-bond acceptors (Lipinski definition) is 3. The zero-order valence-electron chi connectivity index (χ0n) is 8.86. The van der Waals surface area contributed by atoms with Gasteiger partial charge in [0.05, 0.1) is 4.90 Å². The summed E-state index contributed by atoms with van der Waals surface area (Å²) >= 11 is 0. The highest BCUT2D eigenvalue weighted by molar-refractivity contribution is 7.92. The van der Waals surface area contributed by atoms with E-state index in [9.17, 15) is 13.2 Å². The number of benzene rings is 1. The first-order valence-corrected chi connectivity index (χ1v) is 6.42. The number of ketones is 1. The van der Waals surface area contributed by atoms with Gasteiger partial charge in [0, 0.05) is 6.42 Å². The predicted molar refractivity (Wildman–Crippen MR) is 58.5 cm³/mol. The van der Waals surface area contributed by atoms with Gasteiger partial charge in [0.1, 0.15) is 11.5 Å². The van der Waals surface area contributed by atoms with Crippen LogP contribution in [-0.2, 0) is 14.6 Å². The second-order valence-corrected chi connectivity index (χ2v) is 5.45. The van der Waals surface area contributed by atoms with Crippen molar-refractivity contribution in [2.24, 2.45) is 0 Å². The molecule has 0 amide bonds. The van der Waals surface area contributed by atoms with Gasteiger partial charge in [-0.05, 0) is 19.1 Å². The van der Waals surface area contributed by atoms with E-state index in [2.05, 4.69) is 0 Å². The summed E-state index contributed by atoms with van der Waals surface area (Å²) in [4.78, 5) is 11.3. The molecule has 0 saturated carbocycles. The number of carbonyl (C=O) groups excluding carboxylic acids is 1. The fourth-order valence-electron chi connectivity index (χ4n) is 1.14. The second kappa shape index (κ2) is 4.57. The molecule has 3 nitrogen and oxygen atoms in total. The maximum atomic E-state index is 11.7. The Kier molecular flexibility index (Phi) is 3.63. The summed E-state index contributed by atoms with van der Waals surface area (Å²) in [5.74, 6) is -0.650. The lowest BCUT2D eigenvalue weighted by atomic mass is 10.2. The van der Waals surface area contributed by atoms with E-state index in [1.54, 1.807) is 19.1 Å². The molecule has 15 heavy (non-hydrogen) atoms. The summed E-state index contributed by atoms with van der Waals surface area (Å²) in [5.41, 5.74) is 0.996. The van der Waals surface area contributed by atoms with Crippen LogP contribution in [0.25, 0.3) is 0 Å². The van der Waals surface area contributed by atoms with Crippen molar-refractivity contribution in [2.45, 2.75) is 25.2 Å². The fraction of sp³-hybridized carbons (Fsp3) is 0.364. The number of carbonyl (C=O) groups is 1. The van der Waals surface area contributed by atoms with E-state index in [1.807, 2.05) is 6.92 Å². The highest BCUT2D eigenvalue weighted by Gasteiger charge is 2.17. The summed E-state index contributed by atoms with van der Waals surface area (Å²) in [6.45, 7) is 3.54. The average Bonchev–Trinajstić information content (AvgIpc) is 2.17. The van der Waals surface area contributed by atoms with E-state index < -0.39 is 15.6 Å². The van der Waals surface area contributed by atoms with Gasteiger partial charge in [-0.15, -0.1) is 0 Å². The minimum Gasteiger partial charge on any atom is -0.299 e. The van der Waals surface area contributed by atoms with Gasteiger partial charge in [-0.1, -0.05) is 24.6 Å². The van der Waals surface area contributed by atoms with E-state index in [0.29, 0.717) is 0 Å². The Morgan fingerprint density at radius 1 is 1.20 bits per heavy atom. The molecule has 0 atom stereocenters. The first-order valence-electron chi connectivity index (χ1n) is 4.77. The van der Waals surface area contributed by atoms with Crippen molar-refractivity contribution in [1.82, 2.24) is 0 Å². The summed E-state index contributed by atoms with van der Waals surface area (Å²) in [6.07, 6.45) is 0.255. The molecule has 82 valence electrons. The lowest BCUT2D eigenvalue weighted by molar-refractivity contribution is -0.116. The van der Waals surface area contributed by atoms with Crippen LogP contribution in [0.1, 0.15) is 18.9 Å². The van der Waals surface area contributed by atoms with E-state index in [-0.39, 0.29) is 17.1 Å². The molecule has 1 aromatic rings. The van der Waals surface area contributed by atoms with Crippen LogP contribution in [0.3, 0.4) is 0 Å². The third-order valence-corrected chi connectivity index (χ3v) is 3.82. The number of hydrogen-bond donors (Lipinski definition) is 0. The molecule has 0 aliphatic heterocycles. The molecule has 0 unspecified atom stereocenters. The Hall–Kier alpha value is -1.16. The Morgan fingerprint density at radius 3 is 2.20 bits per heavy atom. The van der Waals surface area contributed by atoms with Gasteiger partial charge >= 0.3 is 0 Å². The summed E-state index contributed by atoms with van der Waals surface area (Å²) < 4.78 is 23.4. The van der Waals surface area contributed by atoms with Gasteiger partial charge in [0.15, 0.2) is 9.84 Å². The predicted octanol–water partition coefficient (Wildman–Crippen LogP) is 1.75. The lowest BCUT2D eigenvalue weighted by Crippen LogP contribution is -2.15. The second-order valence-electron chi connectivity index (χ2n) is 3.46. The van der Waals surface area contributed by atoms with Gasteiger partial charge in [-0.2, -0.15) is 0 Å². The highest BCUT2D eigenvalue weighted by Crippen LogP contribution is 2.12. The molecule has 0 aliphatic rings. The largest absolute Gasteiger partial charge is 0.299 e. The monoisotopic (exact) mass is 226 g/mol. The normalized spacial score (nSPS) is 11.3. The van der Waals surface area contributed by atoms with Crippen molar-refractivity contribution in [3.8, 4) is 0 Å². The first kappa shape index (κ1) is 11.9. The molecule has 0 radical (unpaired) electrons. The van der Waals surface area contributed by atoms with Gasteiger partial charge in [-0.25, -0.2) is 8.42 Å². The molecule has 0 heterocycles. The van der Waals surface area contributed by atoms with Crippen LogP contribution in [0, 0.1) is 6.92 Å². The number of Topliss-reactive ketones (excluding diaryl/α,β-unsaturated/α-hetero) is 1. The van der Waals surface area contributed by atoms with Crippen LogP contribution < -0.4 is 0 Å². The van der Waals surface area contributed by atoms with Crippen LogP contribution in [-0.4, -0.2) is 20.0 Å². The molecule has 0 aromatic heterocycles. The molecule has 0 saturated heterocycles. The smallest absolute Gasteiger partial charge is 0.185 e. The van der Waals surface area contributed by atoms with Crippen LogP contribution in [0.15, 0.2) is 29.2 Å². The summed E-state index contributed by atoms with van der Waals surface area (Å²) in [6, 6.07) is 6.52. The average molecular weight is 226 g/mol. The van der Waals surface area contributed by atoms with Crippen molar-refractivity contribution in [3.63, 3.8) is 0 Å². The molecular formula is C11H14O3S. The number of sulfone groups is 1. The van der Waals surface area contributed by atoms with Crippen molar-refractivity contribution < 1.29 is 13.2 Å². The van der Waals surface area contributed by atoms with Crippen molar-refractivity contribution in [3.05, 3.63) is 29.8 Å². The molecule has 0 spiro atoms. The first-order chi connectivity index (χ1) is 6.95. The van der Waals surface area contributed by atoms with E-state index in [4.69, 9.17) is 0 Å². The molecular weight excluding hydrogens is 212 g/mol. The Bertz CT molecular complexity index is 443. The minimum absolute atomic E-state index is 0.218. The van der Waals surface area contributed by atoms with Crippen LogP contribution in [0.2, 0.25) is 0 Å². The van der Waals surface area contributed by atoms with Gasteiger partial charge in [-0.3, -0.25) is 4.79 Å². The standard InChI is InChI=1S/C11H14O3S/c1-3-10(12)8-15(13,14)11-6-4-9(2)5-7-11/h4-7H,3,8H2,1-2H3. The quantitative estimate of drug-likeness (QED) is 0.786. The van der Waals surface area contributed by atoms with E-state index in [0.717, 1.165) is 5.56 Å². The highest BCUT2D eigenvalue weighted by atomic mass is 32.2. The molecule has 0 bridgehead atoms. The zero-order valence-corrected chi connectivity index (χ0v) is 9.67. The summed E-state index contributed by atoms with van der Waals surface area (Å²) in [5, 5.41) is 0. The van der Waals surface area contributed by atoms with Crippen molar-refractivity contribution in [2.75, 3.05) is 5.75 Å². The Morgan fingerprint density at radius 2 is 1.73 bits per heavy atom. The fourth-order valence-corrected chi connectivity index (χ4v) is 2.49. The van der Waals surface area contributed by atoms with Gasteiger partial charge < -0.3 is 0 Å². The van der Waals surface area contributed by atoms with Crippen LogP contribution in [0.4, 0.5) is 0 Å². The molecule has 1 aromatic carbocycles. The van der Waals surface area contributed by atoms with Crippen molar-refractivity contribution in [1.29, 1.82) is 0 Å². The zero-order chi connectivity index (χ0) is 11.5. The maximum absolute atomic E-state index is 11.7. The lowest BCUT2D eigenvalue weighted by Gasteiger charge is -2.02. The van der Waals surface area contributed by atoms with Gasteiger partial charge in [0.25, 0.3) is 0 Å². The Balaban J connectivity index is 2.96. The third-order valence-electron chi connectivity index (χ3n) is 2.13. The van der Waals surface area contributed by atoms with Gasteiger partial charge in [0.2, 0.25) is 0 Å². The molecule has 0 aliphatic carbocycles. The Labute approximate surface area is 90.0 Å². The molecule has 0 fully saturated rings. The van der Waals surface area contributed by atoms with E-state index >= 15 is 0 Å². The molecule has 1 rings (SSSR count).